The fourth-order valence-electron chi connectivity index (χ4n) is 2.58. The van der Waals surface area contributed by atoms with Crippen molar-refractivity contribution in [2.24, 2.45) is 0 Å². The lowest BCUT2D eigenvalue weighted by molar-refractivity contribution is 0.0672. The van der Waals surface area contributed by atoms with E-state index in [4.69, 9.17) is 9.26 Å². The van der Waals surface area contributed by atoms with E-state index in [0.717, 1.165) is 24.1 Å². The van der Waals surface area contributed by atoms with Crippen LogP contribution < -0.4 is 0 Å². The molecule has 1 N–H and O–H groups in total. The Morgan fingerprint density at radius 2 is 2.29 bits per heavy atom. The first-order valence-corrected chi connectivity index (χ1v) is 6.78. The first-order valence-electron chi connectivity index (χ1n) is 6.78. The van der Waals surface area contributed by atoms with Gasteiger partial charge in [0.15, 0.2) is 5.69 Å². The van der Waals surface area contributed by atoms with Crippen molar-refractivity contribution in [2.75, 3.05) is 6.61 Å². The average Bonchev–Trinajstić information content (AvgIpc) is 3.14. The number of aromatic nitrogens is 4. The van der Waals surface area contributed by atoms with Crippen molar-refractivity contribution in [3.8, 4) is 0 Å². The van der Waals surface area contributed by atoms with E-state index in [1.807, 2.05) is 13.8 Å². The molecule has 2 aromatic rings. The van der Waals surface area contributed by atoms with Crippen LogP contribution in [0.25, 0.3) is 0 Å². The molecular formula is C13H16N4O4. The van der Waals surface area contributed by atoms with E-state index in [0.29, 0.717) is 24.6 Å². The zero-order valence-electron chi connectivity index (χ0n) is 11.9. The molecule has 0 spiro atoms. The molecule has 3 rings (SSSR count). The maximum Gasteiger partial charge on any atom is 0.358 e. The Kier molecular flexibility index (Phi) is 3.46. The van der Waals surface area contributed by atoms with Crippen LogP contribution >= 0.6 is 0 Å². The highest BCUT2D eigenvalue weighted by Gasteiger charge is 2.30. The molecule has 0 aromatic carbocycles. The Balaban J connectivity index is 2.00. The summed E-state index contributed by atoms with van der Waals surface area (Å²) in [4.78, 5) is 11.3. The third-order valence-electron chi connectivity index (χ3n) is 3.70. The summed E-state index contributed by atoms with van der Waals surface area (Å²) < 4.78 is 12.3. The van der Waals surface area contributed by atoms with Gasteiger partial charge in [-0.05, 0) is 26.7 Å². The Labute approximate surface area is 120 Å². The van der Waals surface area contributed by atoms with Gasteiger partial charge < -0.3 is 14.4 Å². The smallest absolute Gasteiger partial charge is 0.358 e. The number of carboxylic acid groups (broad SMARTS) is 1. The van der Waals surface area contributed by atoms with Crippen molar-refractivity contribution in [1.82, 2.24) is 20.2 Å². The highest BCUT2D eigenvalue weighted by atomic mass is 16.5. The molecule has 0 saturated carbocycles. The first kappa shape index (κ1) is 13.7. The molecule has 1 atom stereocenters. The molecule has 0 aliphatic carbocycles. The van der Waals surface area contributed by atoms with Gasteiger partial charge in [-0.2, -0.15) is 0 Å². The predicted molar refractivity (Wildman–Crippen MR) is 70.0 cm³/mol. The Morgan fingerprint density at radius 1 is 1.48 bits per heavy atom. The molecule has 21 heavy (non-hydrogen) atoms. The zero-order chi connectivity index (χ0) is 15.0. The molecule has 0 amide bonds. The molecular weight excluding hydrogens is 276 g/mol. The summed E-state index contributed by atoms with van der Waals surface area (Å²) in [6.07, 6.45) is 1.40. The molecule has 0 bridgehead atoms. The van der Waals surface area contributed by atoms with Crippen LogP contribution in [0.4, 0.5) is 0 Å². The predicted octanol–water partition coefficient (Wildman–Crippen LogP) is 1.48. The van der Waals surface area contributed by atoms with Crippen LogP contribution in [0, 0.1) is 13.8 Å². The maximum absolute atomic E-state index is 11.3. The van der Waals surface area contributed by atoms with E-state index in [1.165, 1.54) is 0 Å². The summed E-state index contributed by atoms with van der Waals surface area (Å²) in [5, 5.41) is 20.9. The van der Waals surface area contributed by atoms with Crippen molar-refractivity contribution in [3.05, 3.63) is 28.4 Å². The quantitative estimate of drug-likeness (QED) is 0.910. The van der Waals surface area contributed by atoms with Gasteiger partial charge in [0.2, 0.25) is 0 Å². The lowest BCUT2D eigenvalue weighted by Gasteiger charge is -2.12. The van der Waals surface area contributed by atoms with E-state index in [-0.39, 0.29) is 11.8 Å². The lowest BCUT2D eigenvalue weighted by atomic mass is 10.1. The van der Waals surface area contributed by atoms with Gasteiger partial charge in [0.1, 0.15) is 17.6 Å². The number of rotatable bonds is 4. The molecule has 0 radical (unpaired) electrons. The lowest BCUT2D eigenvalue weighted by Crippen LogP contribution is -2.14. The van der Waals surface area contributed by atoms with Crippen LogP contribution in [0.3, 0.4) is 0 Å². The summed E-state index contributed by atoms with van der Waals surface area (Å²) in [6, 6.07) is 0. The summed E-state index contributed by atoms with van der Waals surface area (Å²) in [5.41, 5.74) is 2.11. The Morgan fingerprint density at radius 3 is 2.86 bits per heavy atom. The molecule has 1 unspecified atom stereocenters. The third kappa shape index (κ3) is 2.42. The number of carbonyl (C=O) groups is 1. The summed E-state index contributed by atoms with van der Waals surface area (Å²) >= 11 is 0. The molecule has 8 heteroatoms. The highest BCUT2D eigenvalue weighted by Crippen LogP contribution is 2.30. The van der Waals surface area contributed by atoms with E-state index < -0.39 is 5.97 Å². The van der Waals surface area contributed by atoms with Crippen molar-refractivity contribution >= 4 is 5.97 Å². The minimum Gasteiger partial charge on any atom is -0.476 e. The minimum absolute atomic E-state index is 0.0475. The molecule has 112 valence electrons. The number of carboxylic acids is 1. The van der Waals surface area contributed by atoms with Crippen LogP contribution in [0.2, 0.25) is 0 Å². The normalized spacial score (nSPS) is 18.3. The van der Waals surface area contributed by atoms with E-state index in [9.17, 15) is 9.90 Å². The van der Waals surface area contributed by atoms with Crippen LogP contribution in [0.15, 0.2) is 4.52 Å². The van der Waals surface area contributed by atoms with Crippen molar-refractivity contribution in [3.63, 3.8) is 0 Å². The second-order valence-corrected chi connectivity index (χ2v) is 5.09. The molecule has 3 heterocycles. The molecule has 1 aliphatic rings. The van der Waals surface area contributed by atoms with Gasteiger partial charge >= 0.3 is 5.97 Å². The second-order valence-electron chi connectivity index (χ2n) is 5.09. The van der Waals surface area contributed by atoms with Crippen LogP contribution in [-0.2, 0) is 11.3 Å². The van der Waals surface area contributed by atoms with Crippen molar-refractivity contribution in [1.29, 1.82) is 0 Å². The van der Waals surface area contributed by atoms with Crippen molar-refractivity contribution in [2.45, 2.75) is 39.3 Å². The van der Waals surface area contributed by atoms with E-state index in [2.05, 4.69) is 15.5 Å². The van der Waals surface area contributed by atoms with Gasteiger partial charge in [0.25, 0.3) is 0 Å². The highest BCUT2D eigenvalue weighted by molar-refractivity contribution is 5.86. The summed E-state index contributed by atoms with van der Waals surface area (Å²) in [6.45, 7) is 4.65. The fourth-order valence-corrected chi connectivity index (χ4v) is 2.58. The number of hydrogen-bond donors (Lipinski definition) is 1. The molecule has 1 aliphatic heterocycles. The number of nitrogens with zero attached hydrogens (tertiary/aromatic N) is 4. The summed E-state index contributed by atoms with van der Waals surface area (Å²) in [5.74, 6) is -0.399. The standard InChI is InChI=1S/C13H16N4O4/c1-7-9(8(2)21-15-7)6-17-12(10-4-3-5-20-10)11(13(18)19)14-16-17/h10H,3-6H2,1-2H3,(H,18,19). The number of hydrogen-bond acceptors (Lipinski definition) is 6. The fraction of sp³-hybridized carbons (Fsp3) is 0.538. The van der Waals surface area contributed by atoms with Crippen molar-refractivity contribution < 1.29 is 19.2 Å². The third-order valence-corrected chi connectivity index (χ3v) is 3.70. The van der Waals surface area contributed by atoms with Crippen LogP contribution in [-0.4, -0.2) is 37.8 Å². The number of aryl methyl sites for hydroxylation is 2. The topological polar surface area (TPSA) is 103 Å². The van der Waals surface area contributed by atoms with Crippen LogP contribution in [0.1, 0.15) is 52.1 Å². The van der Waals surface area contributed by atoms with Gasteiger partial charge in [-0.15, -0.1) is 5.10 Å². The Bertz CT molecular complexity index is 650. The van der Waals surface area contributed by atoms with Gasteiger partial charge in [-0.1, -0.05) is 10.4 Å². The number of ether oxygens (including phenoxy) is 1. The molecule has 1 fully saturated rings. The van der Waals surface area contributed by atoms with Gasteiger partial charge in [0.05, 0.1) is 12.2 Å². The Hall–Kier alpha value is -2.22. The van der Waals surface area contributed by atoms with Crippen LogP contribution in [0.5, 0.6) is 0 Å². The summed E-state index contributed by atoms with van der Waals surface area (Å²) in [7, 11) is 0. The second kappa shape index (κ2) is 5.28. The van der Waals surface area contributed by atoms with E-state index in [1.54, 1.807) is 4.68 Å². The first-order chi connectivity index (χ1) is 10.1. The molecule has 8 nitrogen and oxygen atoms in total. The van der Waals surface area contributed by atoms with Gasteiger partial charge in [0, 0.05) is 12.2 Å². The zero-order valence-corrected chi connectivity index (χ0v) is 11.9. The van der Waals surface area contributed by atoms with E-state index >= 15 is 0 Å². The monoisotopic (exact) mass is 292 g/mol. The minimum atomic E-state index is -1.09. The maximum atomic E-state index is 11.3. The van der Waals surface area contributed by atoms with Gasteiger partial charge in [-0.3, -0.25) is 0 Å². The average molecular weight is 292 g/mol. The number of aromatic carboxylic acids is 1. The molecule has 2 aromatic heterocycles. The SMILES string of the molecule is Cc1noc(C)c1Cn1nnc(C(=O)O)c1C1CCCO1. The largest absolute Gasteiger partial charge is 0.476 e. The van der Waals surface area contributed by atoms with Gasteiger partial charge in [-0.25, -0.2) is 9.48 Å². The molecule has 1 saturated heterocycles.